The summed E-state index contributed by atoms with van der Waals surface area (Å²) in [5.41, 5.74) is 24.6. The van der Waals surface area contributed by atoms with Crippen molar-refractivity contribution in [2.24, 2.45) is 0 Å². The number of hydrogen-bond acceptors (Lipinski definition) is 4. The van der Waals surface area contributed by atoms with E-state index in [1.165, 1.54) is 89.0 Å². The van der Waals surface area contributed by atoms with E-state index in [-0.39, 0.29) is 67.6 Å². The Balaban J connectivity index is 0.000000373. The normalized spacial score (nSPS) is 14.8. The number of aryl methyl sites for hydroxylation is 4. The minimum absolute atomic E-state index is 0. The van der Waals surface area contributed by atoms with E-state index >= 15 is 0 Å². The van der Waals surface area contributed by atoms with Crippen LogP contribution in [0.1, 0.15) is 225 Å². The second-order valence-corrected chi connectivity index (χ2v) is 25.5. The fourth-order valence-corrected chi connectivity index (χ4v) is 11.1. The number of para-hydroxylation sites is 4. The summed E-state index contributed by atoms with van der Waals surface area (Å²) >= 11 is 0. The molecule has 0 spiro atoms. The molecule has 0 fully saturated rings. The van der Waals surface area contributed by atoms with Crippen LogP contribution in [0.2, 0.25) is 0 Å². The fraction of sp³-hybridized carbons (Fsp3) is 0.400. The number of nitrogens with zero attached hydrogens (tertiary/aromatic N) is 4. The van der Waals surface area contributed by atoms with Crippen LogP contribution in [0.5, 0.6) is 0 Å². The zero-order chi connectivity index (χ0) is 65.1. The van der Waals surface area contributed by atoms with Crippen LogP contribution < -0.4 is 20.4 Å². The van der Waals surface area contributed by atoms with Gasteiger partial charge >= 0.3 is 43.4 Å². The first-order valence-corrected chi connectivity index (χ1v) is 31.9. The third kappa shape index (κ3) is 21.7. The third-order valence-corrected chi connectivity index (χ3v) is 14.9. The van der Waals surface area contributed by atoms with Crippen LogP contribution >= 0.6 is 0 Å². The Morgan fingerprint density at radius 1 is 0.244 bits per heavy atom. The Hall–Kier alpha value is -5.77. The Kier molecular flexibility index (Phi) is 32.8. The van der Waals surface area contributed by atoms with Crippen molar-refractivity contribution in [3.05, 3.63) is 258 Å². The maximum atomic E-state index is 9.53. The van der Waals surface area contributed by atoms with Crippen molar-refractivity contribution in [2.45, 2.75) is 211 Å². The van der Waals surface area contributed by atoms with Gasteiger partial charge in [-0.25, -0.2) is 0 Å². The maximum absolute atomic E-state index is 9.53. The summed E-state index contributed by atoms with van der Waals surface area (Å²) in [6.07, 6.45) is -1.67. The van der Waals surface area contributed by atoms with Crippen molar-refractivity contribution in [2.75, 3.05) is 0 Å². The summed E-state index contributed by atoms with van der Waals surface area (Å²) in [7, 11) is 0. The predicted molar refractivity (Wildman–Crippen MR) is 368 cm³/mol. The molecule has 10 rings (SSSR count). The van der Waals surface area contributed by atoms with Gasteiger partial charge in [0.15, 0.2) is 0 Å². The average Bonchev–Trinajstić information content (AvgIpc) is 0.882. The largest absolute Gasteiger partial charge is 4.00 e. The monoisotopic (exact) mass is 1280 g/mol. The molecule has 0 unspecified atom stereocenters. The van der Waals surface area contributed by atoms with Gasteiger partial charge in [0.1, 0.15) is 0 Å². The van der Waals surface area contributed by atoms with Crippen LogP contribution in [0, 0.1) is 27.7 Å². The molecule has 0 heterocycles. The molecule has 2 aliphatic rings. The number of hydrogen-bond donors (Lipinski definition) is 0. The van der Waals surface area contributed by atoms with Gasteiger partial charge in [0.2, 0.25) is 0 Å². The Morgan fingerprint density at radius 2 is 0.411 bits per heavy atom. The van der Waals surface area contributed by atoms with Crippen LogP contribution in [-0.2, 0) is 43.4 Å². The molecule has 0 aliphatic heterocycles. The molecule has 0 saturated carbocycles. The van der Waals surface area contributed by atoms with E-state index in [9.17, 15) is 20.4 Å². The molecule has 90 heavy (non-hydrogen) atoms. The quantitative estimate of drug-likeness (QED) is 0.112. The Labute approximate surface area is 573 Å². The van der Waals surface area contributed by atoms with Crippen LogP contribution in [0.15, 0.2) is 170 Å². The third-order valence-electron chi connectivity index (χ3n) is 14.9. The molecular formula is C80H100N4O4Ti2. The number of rotatable bonds is 12. The van der Waals surface area contributed by atoms with Gasteiger partial charge in [-0.15, -0.1) is 71.3 Å². The number of benzene rings is 8. The minimum Gasteiger partial charge on any atom is -0.852 e. The van der Waals surface area contributed by atoms with E-state index < -0.39 is 24.4 Å². The van der Waals surface area contributed by atoms with E-state index in [4.69, 9.17) is 21.3 Å². The van der Waals surface area contributed by atoms with Crippen LogP contribution in [-0.4, -0.2) is 24.4 Å². The van der Waals surface area contributed by atoms with Crippen molar-refractivity contribution in [1.82, 2.24) is 0 Å². The molecule has 0 N–H and O–H groups in total. The average molecular weight is 1280 g/mol. The molecule has 8 nitrogen and oxygen atoms in total. The summed E-state index contributed by atoms with van der Waals surface area (Å²) in [5.74, 6) is 1.57. The minimum atomic E-state index is -0.417. The number of fused-ring (bicyclic) bond motifs is 6. The van der Waals surface area contributed by atoms with Gasteiger partial charge < -0.3 is 41.7 Å². The molecule has 4 atom stereocenters. The molecule has 8 aromatic carbocycles. The van der Waals surface area contributed by atoms with E-state index in [0.717, 1.165) is 22.7 Å². The molecule has 0 bridgehead atoms. The zero-order valence-corrected chi connectivity index (χ0v) is 60.6. The van der Waals surface area contributed by atoms with Gasteiger partial charge in [-0.3, -0.25) is 0 Å². The van der Waals surface area contributed by atoms with Gasteiger partial charge in [0.05, 0.1) is 0 Å². The molecular weight excluding hydrogens is 1180 g/mol. The molecule has 0 amide bonds. The maximum Gasteiger partial charge on any atom is 4.00 e. The fourth-order valence-electron chi connectivity index (χ4n) is 11.1. The van der Waals surface area contributed by atoms with E-state index in [1.807, 2.05) is 0 Å². The summed E-state index contributed by atoms with van der Waals surface area (Å²) in [4.78, 5) is 0. The molecule has 0 saturated heterocycles. The Morgan fingerprint density at radius 3 is 0.600 bits per heavy atom. The Bertz CT molecular complexity index is 3100. The topological polar surface area (TPSA) is 149 Å². The van der Waals surface area contributed by atoms with E-state index in [1.54, 1.807) is 55.4 Å². The summed E-state index contributed by atoms with van der Waals surface area (Å²) < 4.78 is 0. The van der Waals surface area contributed by atoms with Gasteiger partial charge in [0.25, 0.3) is 0 Å². The van der Waals surface area contributed by atoms with Gasteiger partial charge in [-0.05, 0) is 73.6 Å². The molecule has 0 radical (unpaired) electrons. The SMILES string of the molecule is CC(C)[O-].CC(C)[O-].CC(C)[O-].CC(C)[O-].Cc1cccc(C)c1[N-][C@@H]1c2ccccc2-c2ccccc2[C@@H]1[N-]c1c(C(C)C)cccc1C(C)C.Cc1cccc(C)c1[N-][C@@H]1c2ccccc2-c2ccccc2[C@@H]1[N-]c1c(C(C)C)cccc1C(C)C.[Ti+4].[Ti+4]. The zero-order valence-electron chi connectivity index (χ0n) is 57.5. The predicted octanol–water partition coefficient (Wildman–Crippen LogP) is 20.5. The first-order chi connectivity index (χ1) is 41.7. The second-order valence-electron chi connectivity index (χ2n) is 25.5. The molecule has 8 aromatic rings. The van der Waals surface area contributed by atoms with Crippen molar-refractivity contribution >= 4 is 22.7 Å². The van der Waals surface area contributed by atoms with Gasteiger partial charge in [-0.2, -0.15) is 0 Å². The first kappa shape index (κ1) is 78.5. The van der Waals surface area contributed by atoms with Crippen molar-refractivity contribution in [3.63, 3.8) is 0 Å². The van der Waals surface area contributed by atoms with Crippen molar-refractivity contribution in [3.8, 4) is 22.3 Å². The van der Waals surface area contributed by atoms with Crippen LogP contribution in [0.25, 0.3) is 43.5 Å². The standard InChI is InChI=1S/2C34H36N2.4C3H7O.2Ti/c2*1-21(2)25-19-12-20-26(22(3)4)32(25)36-34-30-18-10-8-16-28(30)27-15-7-9-17-29(27)33(34)35-31-23(5)13-11-14-24(31)6;4*1-3(2)4;;/h2*7-22,33-34H,1-6H3;4*3H,1-2H3;;/q2*-2;4*-1;2*+4/t2*33-,34+;;;;;;/m11....../s1. The molecule has 472 valence electrons. The molecule has 2 aliphatic carbocycles. The summed E-state index contributed by atoms with van der Waals surface area (Å²) in [6, 6.07) is 60.8. The van der Waals surface area contributed by atoms with E-state index in [2.05, 4.69) is 253 Å². The first-order valence-electron chi connectivity index (χ1n) is 31.9. The van der Waals surface area contributed by atoms with Crippen LogP contribution in [0.3, 0.4) is 0 Å². The summed E-state index contributed by atoms with van der Waals surface area (Å²) in [6.45, 7) is 39.6. The summed E-state index contributed by atoms with van der Waals surface area (Å²) in [5, 5.41) is 60.4. The van der Waals surface area contributed by atoms with Crippen molar-refractivity contribution in [1.29, 1.82) is 0 Å². The molecule has 0 aromatic heterocycles. The van der Waals surface area contributed by atoms with Gasteiger partial charge in [0, 0.05) is 0 Å². The molecule has 10 heteroatoms. The van der Waals surface area contributed by atoms with Crippen molar-refractivity contribution < 1.29 is 63.9 Å². The second kappa shape index (κ2) is 37.7. The van der Waals surface area contributed by atoms with Crippen LogP contribution in [0.4, 0.5) is 22.7 Å². The smallest absolute Gasteiger partial charge is 0.852 e. The van der Waals surface area contributed by atoms with Gasteiger partial charge in [-0.1, -0.05) is 347 Å². The van der Waals surface area contributed by atoms with E-state index in [0.29, 0.717) is 23.7 Å².